The molecule has 4 aromatic rings. The lowest BCUT2D eigenvalue weighted by atomic mass is 10.1. The number of amides is 1. The number of rotatable bonds is 4. The third-order valence-corrected chi connectivity index (χ3v) is 5.56. The van der Waals surface area contributed by atoms with E-state index in [9.17, 15) is 14.4 Å². The number of carbonyl (C=O) groups is 2. The van der Waals surface area contributed by atoms with Crippen molar-refractivity contribution < 1.29 is 18.7 Å². The number of carbonyl (C=O) groups excluding carboxylic acids is 2. The average Bonchev–Trinajstić information content (AvgIpc) is 3.10. The van der Waals surface area contributed by atoms with Crippen LogP contribution in [-0.4, -0.2) is 23.6 Å². The number of aromatic nitrogens is 1. The van der Waals surface area contributed by atoms with E-state index in [0.29, 0.717) is 27.9 Å². The first-order valence-corrected chi connectivity index (χ1v) is 9.77. The molecule has 1 amide bonds. The zero-order chi connectivity index (χ0) is 21.3. The number of ether oxygens (including phenoxy) is 1. The number of hydrogen-bond donors (Lipinski definition) is 0. The summed E-state index contributed by atoms with van der Waals surface area (Å²) in [6, 6.07) is 11.8. The monoisotopic (exact) mass is 420 g/mol. The molecular weight excluding hydrogens is 404 g/mol. The van der Waals surface area contributed by atoms with Crippen LogP contribution in [0.2, 0.25) is 0 Å². The van der Waals surface area contributed by atoms with Gasteiger partial charge >= 0.3 is 5.97 Å². The van der Waals surface area contributed by atoms with Gasteiger partial charge in [-0.3, -0.25) is 9.59 Å². The number of benzene rings is 2. The minimum absolute atomic E-state index is 0.147. The Morgan fingerprint density at radius 3 is 2.83 bits per heavy atom. The second-order valence-electron chi connectivity index (χ2n) is 6.35. The highest BCUT2D eigenvalue weighted by molar-refractivity contribution is 7.16. The SMILES string of the molecule is C=CCn1c(=NC(=O)c2coc3ccccc3c2=O)sc2cc(C(=O)OC)ccc21. The minimum Gasteiger partial charge on any atom is -0.465 e. The predicted octanol–water partition coefficient (Wildman–Crippen LogP) is 3.52. The van der Waals surface area contributed by atoms with Crippen LogP contribution in [0.1, 0.15) is 20.7 Å². The van der Waals surface area contributed by atoms with Gasteiger partial charge in [-0.15, -0.1) is 6.58 Å². The molecule has 0 N–H and O–H groups in total. The topological polar surface area (TPSA) is 90.9 Å². The van der Waals surface area contributed by atoms with Gasteiger partial charge in [0.25, 0.3) is 5.91 Å². The molecular formula is C22H16N2O5S. The predicted molar refractivity (Wildman–Crippen MR) is 114 cm³/mol. The van der Waals surface area contributed by atoms with Crippen molar-refractivity contribution in [3.63, 3.8) is 0 Å². The highest BCUT2D eigenvalue weighted by Gasteiger charge is 2.16. The lowest BCUT2D eigenvalue weighted by Crippen LogP contribution is -2.19. The molecule has 2 aromatic carbocycles. The van der Waals surface area contributed by atoms with Crippen molar-refractivity contribution in [2.75, 3.05) is 7.11 Å². The van der Waals surface area contributed by atoms with Crippen molar-refractivity contribution in [2.45, 2.75) is 6.54 Å². The molecule has 150 valence electrons. The van der Waals surface area contributed by atoms with Gasteiger partial charge in [0.05, 0.1) is 28.3 Å². The molecule has 0 spiro atoms. The largest absolute Gasteiger partial charge is 0.465 e. The van der Waals surface area contributed by atoms with Gasteiger partial charge in [-0.1, -0.05) is 29.5 Å². The Morgan fingerprint density at radius 2 is 2.07 bits per heavy atom. The smallest absolute Gasteiger partial charge is 0.337 e. The molecule has 30 heavy (non-hydrogen) atoms. The molecule has 0 saturated heterocycles. The van der Waals surface area contributed by atoms with Gasteiger partial charge in [-0.05, 0) is 30.3 Å². The van der Waals surface area contributed by atoms with Crippen LogP contribution in [0.15, 0.2) is 75.6 Å². The lowest BCUT2D eigenvalue weighted by molar-refractivity contribution is 0.0600. The van der Waals surface area contributed by atoms with Gasteiger partial charge in [0.1, 0.15) is 17.4 Å². The standard InChI is InChI=1S/C22H16N2O5S/c1-3-10-24-16-9-8-13(21(27)28-2)11-18(16)30-22(24)23-20(26)15-12-29-17-7-5-4-6-14(17)19(15)25/h3-9,11-12H,1,10H2,2H3. The van der Waals surface area contributed by atoms with Gasteiger partial charge in [-0.25, -0.2) is 4.79 Å². The van der Waals surface area contributed by atoms with Gasteiger partial charge in [0.15, 0.2) is 4.80 Å². The quantitative estimate of drug-likeness (QED) is 0.372. The van der Waals surface area contributed by atoms with Gasteiger partial charge in [0.2, 0.25) is 5.43 Å². The van der Waals surface area contributed by atoms with Gasteiger partial charge in [0, 0.05) is 6.54 Å². The fraction of sp³-hybridized carbons (Fsp3) is 0.0909. The van der Waals surface area contributed by atoms with E-state index in [0.717, 1.165) is 16.5 Å². The normalized spacial score (nSPS) is 11.7. The van der Waals surface area contributed by atoms with Crippen LogP contribution in [-0.2, 0) is 11.3 Å². The van der Waals surface area contributed by atoms with E-state index in [4.69, 9.17) is 9.15 Å². The summed E-state index contributed by atoms with van der Waals surface area (Å²) in [5, 5.41) is 0.316. The van der Waals surface area contributed by atoms with Crippen molar-refractivity contribution in [3.8, 4) is 0 Å². The fourth-order valence-electron chi connectivity index (χ4n) is 3.08. The molecule has 8 heteroatoms. The number of methoxy groups -OCH3 is 1. The third kappa shape index (κ3) is 3.37. The van der Waals surface area contributed by atoms with Crippen molar-refractivity contribution in [3.05, 3.63) is 87.5 Å². The maximum absolute atomic E-state index is 12.8. The van der Waals surface area contributed by atoms with Crippen LogP contribution >= 0.6 is 11.3 Å². The zero-order valence-electron chi connectivity index (χ0n) is 16.0. The van der Waals surface area contributed by atoms with Crippen LogP contribution in [0.5, 0.6) is 0 Å². The van der Waals surface area contributed by atoms with E-state index < -0.39 is 17.3 Å². The summed E-state index contributed by atoms with van der Waals surface area (Å²) in [5.41, 5.74) is 0.995. The van der Waals surface area contributed by atoms with Gasteiger partial charge < -0.3 is 13.7 Å². The Bertz CT molecular complexity index is 1440. The first-order chi connectivity index (χ1) is 14.5. The fourth-order valence-corrected chi connectivity index (χ4v) is 4.16. The van der Waals surface area contributed by atoms with Crippen LogP contribution in [0, 0.1) is 0 Å². The molecule has 7 nitrogen and oxygen atoms in total. The van der Waals surface area contributed by atoms with Crippen molar-refractivity contribution >= 4 is 44.4 Å². The lowest BCUT2D eigenvalue weighted by Gasteiger charge is -2.02. The zero-order valence-corrected chi connectivity index (χ0v) is 16.8. The summed E-state index contributed by atoms with van der Waals surface area (Å²) in [6.07, 6.45) is 2.81. The molecule has 0 fully saturated rings. The minimum atomic E-state index is -0.702. The van der Waals surface area contributed by atoms with E-state index in [2.05, 4.69) is 11.6 Å². The molecule has 0 aliphatic carbocycles. The summed E-state index contributed by atoms with van der Waals surface area (Å²) < 4.78 is 12.7. The maximum Gasteiger partial charge on any atom is 0.337 e. The number of thiazole rings is 1. The summed E-state index contributed by atoms with van der Waals surface area (Å²) >= 11 is 1.23. The van der Waals surface area contributed by atoms with E-state index in [1.807, 2.05) is 0 Å². The van der Waals surface area contributed by atoms with E-state index >= 15 is 0 Å². The number of esters is 1. The number of nitrogens with zero attached hydrogens (tertiary/aromatic N) is 2. The van der Waals surface area contributed by atoms with Crippen LogP contribution in [0.4, 0.5) is 0 Å². The highest BCUT2D eigenvalue weighted by Crippen LogP contribution is 2.20. The molecule has 2 aromatic heterocycles. The second kappa shape index (κ2) is 7.92. The average molecular weight is 420 g/mol. The van der Waals surface area contributed by atoms with E-state index in [1.165, 1.54) is 18.4 Å². The summed E-state index contributed by atoms with van der Waals surface area (Å²) in [5.74, 6) is -1.16. The molecule has 0 saturated carbocycles. The Morgan fingerprint density at radius 1 is 1.27 bits per heavy atom. The molecule has 0 aliphatic rings. The van der Waals surface area contributed by atoms with Crippen LogP contribution in [0.3, 0.4) is 0 Å². The maximum atomic E-state index is 12.8. The van der Waals surface area contributed by atoms with Crippen molar-refractivity contribution in [2.24, 2.45) is 4.99 Å². The van der Waals surface area contributed by atoms with Gasteiger partial charge in [-0.2, -0.15) is 4.99 Å². The molecule has 4 rings (SSSR count). The highest BCUT2D eigenvalue weighted by atomic mass is 32.1. The Hall–Kier alpha value is -3.78. The Balaban J connectivity index is 1.87. The molecule has 0 unspecified atom stereocenters. The number of hydrogen-bond acceptors (Lipinski definition) is 6. The first-order valence-electron chi connectivity index (χ1n) is 8.95. The van der Waals surface area contributed by atoms with E-state index in [-0.39, 0.29) is 5.56 Å². The summed E-state index contributed by atoms with van der Waals surface area (Å²) in [4.78, 5) is 41.8. The number of para-hydroxylation sites is 1. The third-order valence-electron chi connectivity index (χ3n) is 4.52. The van der Waals surface area contributed by atoms with Crippen molar-refractivity contribution in [1.82, 2.24) is 4.57 Å². The molecule has 0 radical (unpaired) electrons. The van der Waals surface area contributed by atoms with Crippen LogP contribution < -0.4 is 10.2 Å². The van der Waals surface area contributed by atoms with E-state index in [1.54, 1.807) is 53.1 Å². The van der Waals surface area contributed by atoms with Crippen molar-refractivity contribution in [1.29, 1.82) is 0 Å². The molecule has 2 heterocycles. The molecule has 0 aliphatic heterocycles. The second-order valence-corrected chi connectivity index (χ2v) is 7.36. The Kier molecular flexibility index (Phi) is 5.16. The van der Waals surface area contributed by atoms with Crippen LogP contribution in [0.25, 0.3) is 21.2 Å². The Labute approximate surface area is 174 Å². The number of fused-ring (bicyclic) bond motifs is 2. The molecule has 0 atom stereocenters. The summed E-state index contributed by atoms with van der Waals surface area (Å²) in [7, 11) is 1.31. The number of allylic oxidation sites excluding steroid dienone is 1. The molecule has 0 bridgehead atoms. The summed E-state index contributed by atoms with van der Waals surface area (Å²) in [6.45, 7) is 4.15. The first kappa shape index (κ1) is 19.5.